The first-order chi connectivity index (χ1) is 8.59. The SMILES string of the molecule is COC1(C(=O)N2CCC(C(C)C)C2)CCNCC1. The molecule has 1 N–H and O–H groups in total. The summed E-state index contributed by atoms with van der Waals surface area (Å²) >= 11 is 0. The highest BCUT2D eigenvalue weighted by atomic mass is 16.5. The van der Waals surface area contributed by atoms with Crippen LogP contribution in [-0.4, -0.2) is 49.7 Å². The van der Waals surface area contributed by atoms with Crippen LogP contribution in [0, 0.1) is 11.8 Å². The molecule has 2 fully saturated rings. The van der Waals surface area contributed by atoms with Crippen molar-refractivity contribution in [3.05, 3.63) is 0 Å². The lowest BCUT2D eigenvalue weighted by Crippen LogP contribution is -2.54. The zero-order valence-electron chi connectivity index (χ0n) is 11.9. The number of likely N-dealkylation sites (tertiary alicyclic amines) is 1. The molecule has 2 saturated heterocycles. The van der Waals surface area contributed by atoms with Gasteiger partial charge in [-0.25, -0.2) is 0 Å². The third-order valence-electron chi connectivity index (χ3n) is 4.65. The Balaban J connectivity index is 2.02. The molecular weight excluding hydrogens is 228 g/mol. The number of hydrogen-bond donors (Lipinski definition) is 1. The quantitative estimate of drug-likeness (QED) is 0.824. The molecule has 1 unspecified atom stereocenters. The first kappa shape index (κ1) is 13.8. The molecule has 2 aliphatic rings. The second kappa shape index (κ2) is 5.57. The van der Waals surface area contributed by atoms with Crippen molar-refractivity contribution in [1.82, 2.24) is 10.2 Å². The molecule has 4 heteroatoms. The van der Waals surface area contributed by atoms with Crippen molar-refractivity contribution < 1.29 is 9.53 Å². The first-order valence-corrected chi connectivity index (χ1v) is 7.14. The standard InChI is InChI=1S/C14H26N2O2/c1-11(2)12-4-9-16(10-12)13(17)14(18-3)5-7-15-8-6-14/h11-12,15H,4-10H2,1-3H3. The Labute approximate surface area is 110 Å². The van der Waals surface area contributed by atoms with Gasteiger partial charge in [0.2, 0.25) is 0 Å². The third kappa shape index (κ3) is 2.54. The molecular formula is C14H26N2O2. The fourth-order valence-electron chi connectivity index (χ4n) is 3.14. The minimum absolute atomic E-state index is 0.217. The number of carbonyl (C=O) groups is 1. The van der Waals surface area contributed by atoms with Gasteiger partial charge in [0.25, 0.3) is 5.91 Å². The predicted molar refractivity (Wildman–Crippen MR) is 71.4 cm³/mol. The number of hydrogen-bond acceptors (Lipinski definition) is 3. The lowest BCUT2D eigenvalue weighted by molar-refractivity contribution is -0.157. The zero-order chi connectivity index (χ0) is 13.2. The van der Waals surface area contributed by atoms with Crippen LogP contribution in [0.5, 0.6) is 0 Å². The summed E-state index contributed by atoms with van der Waals surface area (Å²) in [6, 6.07) is 0. The molecule has 0 aromatic heterocycles. The van der Waals surface area contributed by atoms with Crippen LogP contribution in [0.2, 0.25) is 0 Å². The molecule has 0 radical (unpaired) electrons. The van der Waals surface area contributed by atoms with Crippen LogP contribution in [0.3, 0.4) is 0 Å². The average Bonchev–Trinajstić information content (AvgIpc) is 2.88. The van der Waals surface area contributed by atoms with Crippen molar-refractivity contribution >= 4 is 5.91 Å². The Morgan fingerprint density at radius 3 is 2.56 bits per heavy atom. The van der Waals surface area contributed by atoms with Gasteiger partial charge in [0, 0.05) is 20.2 Å². The van der Waals surface area contributed by atoms with Crippen LogP contribution >= 0.6 is 0 Å². The lowest BCUT2D eigenvalue weighted by atomic mass is 9.90. The summed E-state index contributed by atoms with van der Waals surface area (Å²) in [4.78, 5) is 14.7. The van der Waals surface area contributed by atoms with E-state index in [9.17, 15) is 4.79 Å². The van der Waals surface area contributed by atoms with Gasteiger partial charge in [-0.2, -0.15) is 0 Å². The summed E-state index contributed by atoms with van der Waals surface area (Å²) in [5.74, 6) is 1.54. The number of nitrogens with one attached hydrogen (secondary N) is 1. The van der Waals surface area contributed by atoms with Crippen molar-refractivity contribution in [3.63, 3.8) is 0 Å². The number of methoxy groups -OCH3 is 1. The van der Waals surface area contributed by atoms with E-state index in [1.165, 1.54) is 0 Å². The molecule has 2 aliphatic heterocycles. The number of ether oxygens (including phenoxy) is 1. The largest absolute Gasteiger partial charge is 0.368 e. The summed E-state index contributed by atoms with van der Waals surface area (Å²) in [5.41, 5.74) is -0.558. The molecule has 0 bridgehead atoms. The lowest BCUT2D eigenvalue weighted by Gasteiger charge is -2.37. The number of piperidine rings is 1. The summed E-state index contributed by atoms with van der Waals surface area (Å²) in [5, 5.41) is 3.30. The molecule has 0 aromatic rings. The van der Waals surface area contributed by atoms with Crippen LogP contribution in [0.4, 0.5) is 0 Å². The number of amides is 1. The van der Waals surface area contributed by atoms with Gasteiger partial charge in [0.05, 0.1) is 0 Å². The van der Waals surface area contributed by atoms with Gasteiger partial charge in [0.15, 0.2) is 0 Å². The fourth-order valence-corrected chi connectivity index (χ4v) is 3.14. The highest BCUT2D eigenvalue weighted by Gasteiger charge is 2.44. The highest BCUT2D eigenvalue weighted by Crippen LogP contribution is 2.30. The Morgan fingerprint density at radius 2 is 2.06 bits per heavy atom. The molecule has 104 valence electrons. The summed E-state index contributed by atoms with van der Waals surface area (Å²) in [7, 11) is 1.68. The van der Waals surface area contributed by atoms with Crippen LogP contribution in [0.15, 0.2) is 0 Å². The predicted octanol–water partition coefficient (Wildman–Crippen LogP) is 1.26. The van der Waals surface area contributed by atoms with Crippen LogP contribution in [0.25, 0.3) is 0 Å². The molecule has 1 atom stereocenters. The molecule has 0 spiro atoms. The minimum Gasteiger partial charge on any atom is -0.368 e. The van der Waals surface area contributed by atoms with Gasteiger partial charge in [-0.1, -0.05) is 13.8 Å². The minimum atomic E-state index is -0.558. The molecule has 0 aromatic carbocycles. The fraction of sp³-hybridized carbons (Fsp3) is 0.929. The van der Waals surface area contributed by atoms with Crippen molar-refractivity contribution in [2.24, 2.45) is 11.8 Å². The normalized spacial score (nSPS) is 27.8. The number of carbonyl (C=O) groups excluding carboxylic acids is 1. The molecule has 0 aliphatic carbocycles. The molecule has 2 rings (SSSR count). The van der Waals surface area contributed by atoms with E-state index in [1.807, 2.05) is 4.90 Å². The van der Waals surface area contributed by atoms with Gasteiger partial charge >= 0.3 is 0 Å². The van der Waals surface area contributed by atoms with E-state index in [0.717, 1.165) is 45.4 Å². The zero-order valence-corrected chi connectivity index (χ0v) is 11.9. The Kier molecular flexibility index (Phi) is 4.28. The summed E-state index contributed by atoms with van der Waals surface area (Å²) in [6.07, 6.45) is 2.73. The summed E-state index contributed by atoms with van der Waals surface area (Å²) in [6.45, 7) is 8.06. The van der Waals surface area contributed by atoms with Crippen molar-refractivity contribution in [1.29, 1.82) is 0 Å². The van der Waals surface area contributed by atoms with Crippen LogP contribution in [-0.2, 0) is 9.53 Å². The van der Waals surface area contributed by atoms with E-state index in [0.29, 0.717) is 11.8 Å². The van der Waals surface area contributed by atoms with Crippen molar-refractivity contribution in [2.45, 2.75) is 38.7 Å². The number of rotatable bonds is 3. The van der Waals surface area contributed by atoms with Gasteiger partial charge < -0.3 is 15.0 Å². The van der Waals surface area contributed by atoms with E-state index >= 15 is 0 Å². The molecule has 0 saturated carbocycles. The average molecular weight is 254 g/mol. The maximum atomic E-state index is 12.7. The summed E-state index contributed by atoms with van der Waals surface area (Å²) < 4.78 is 5.62. The highest BCUT2D eigenvalue weighted by molar-refractivity contribution is 5.85. The molecule has 2 heterocycles. The Hall–Kier alpha value is -0.610. The van der Waals surface area contributed by atoms with E-state index in [-0.39, 0.29) is 5.91 Å². The van der Waals surface area contributed by atoms with Gasteiger partial charge in [-0.3, -0.25) is 4.79 Å². The van der Waals surface area contributed by atoms with E-state index in [1.54, 1.807) is 7.11 Å². The molecule has 18 heavy (non-hydrogen) atoms. The number of nitrogens with zero attached hydrogens (tertiary/aromatic N) is 1. The van der Waals surface area contributed by atoms with Gasteiger partial charge in [0.1, 0.15) is 5.60 Å². The van der Waals surface area contributed by atoms with Crippen LogP contribution < -0.4 is 5.32 Å². The van der Waals surface area contributed by atoms with Gasteiger partial charge in [-0.05, 0) is 44.2 Å². The van der Waals surface area contributed by atoms with E-state index in [4.69, 9.17) is 4.74 Å². The molecule has 1 amide bonds. The topological polar surface area (TPSA) is 41.6 Å². The first-order valence-electron chi connectivity index (χ1n) is 7.14. The second-order valence-electron chi connectivity index (χ2n) is 5.99. The van der Waals surface area contributed by atoms with Crippen molar-refractivity contribution in [3.8, 4) is 0 Å². The Morgan fingerprint density at radius 1 is 1.39 bits per heavy atom. The molecule has 4 nitrogen and oxygen atoms in total. The van der Waals surface area contributed by atoms with Gasteiger partial charge in [-0.15, -0.1) is 0 Å². The van der Waals surface area contributed by atoms with Crippen LogP contribution in [0.1, 0.15) is 33.1 Å². The van der Waals surface area contributed by atoms with Crippen molar-refractivity contribution in [2.75, 3.05) is 33.3 Å². The smallest absolute Gasteiger partial charge is 0.254 e. The van der Waals surface area contributed by atoms with E-state index < -0.39 is 5.60 Å². The van der Waals surface area contributed by atoms with E-state index in [2.05, 4.69) is 19.2 Å². The maximum Gasteiger partial charge on any atom is 0.254 e. The maximum absolute atomic E-state index is 12.7. The monoisotopic (exact) mass is 254 g/mol. The third-order valence-corrected chi connectivity index (χ3v) is 4.65. The second-order valence-corrected chi connectivity index (χ2v) is 5.99. The Bertz CT molecular complexity index is 298.